The van der Waals surface area contributed by atoms with E-state index in [1.807, 2.05) is 13.2 Å². The molecule has 2 nitrogen and oxygen atoms in total. The summed E-state index contributed by atoms with van der Waals surface area (Å²) < 4.78 is 5.10. The zero-order valence-corrected chi connectivity index (χ0v) is 8.95. The van der Waals surface area contributed by atoms with Gasteiger partial charge in [0.05, 0.1) is 0 Å². The Bertz CT molecular complexity index is 126. The van der Waals surface area contributed by atoms with Crippen molar-refractivity contribution in [1.82, 2.24) is 0 Å². The highest BCUT2D eigenvalue weighted by Gasteiger charge is 2.15. The summed E-state index contributed by atoms with van der Waals surface area (Å²) >= 11 is 1.75. The first-order valence-electron chi connectivity index (χ1n) is 4.30. The smallest absolute Gasteiger partial charge is 0.161 e. The molecule has 1 unspecified atom stereocenters. The zero-order valence-electron chi connectivity index (χ0n) is 8.13. The molecule has 0 aromatic rings. The van der Waals surface area contributed by atoms with Gasteiger partial charge in [0.25, 0.3) is 0 Å². The largest absolute Gasteiger partial charge is 0.374 e. The van der Waals surface area contributed by atoms with Gasteiger partial charge in [-0.3, -0.25) is 4.79 Å². The predicted octanol–water partition coefficient (Wildman–Crippen LogP) is 2.12. The van der Waals surface area contributed by atoms with E-state index in [4.69, 9.17) is 4.74 Å². The summed E-state index contributed by atoms with van der Waals surface area (Å²) in [7, 11) is 1.61. The fourth-order valence-corrected chi connectivity index (χ4v) is 1.49. The lowest BCUT2D eigenvalue weighted by Gasteiger charge is -2.12. The molecule has 0 amide bonds. The quantitative estimate of drug-likeness (QED) is 0.615. The average molecular weight is 190 g/mol. The van der Waals surface area contributed by atoms with Gasteiger partial charge in [0, 0.05) is 13.5 Å². The number of thioether (sulfide) groups is 1. The van der Waals surface area contributed by atoms with E-state index in [1.54, 1.807) is 18.9 Å². The molecule has 1 atom stereocenters. The van der Waals surface area contributed by atoms with Crippen LogP contribution in [-0.4, -0.2) is 31.0 Å². The molecule has 0 aromatic heterocycles. The molecule has 0 radical (unpaired) electrons. The summed E-state index contributed by atoms with van der Waals surface area (Å²) in [6.45, 7) is 2.01. The van der Waals surface area contributed by atoms with Crippen LogP contribution in [0.15, 0.2) is 0 Å². The normalized spacial score (nSPS) is 12.9. The van der Waals surface area contributed by atoms with E-state index in [-0.39, 0.29) is 11.9 Å². The lowest BCUT2D eigenvalue weighted by molar-refractivity contribution is -0.128. The molecule has 0 fully saturated rings. The fourth-order valence-electron chi connectivity index (χ4n) is 1.04. The molecule has 0 aliphatic carbocycles. The lowest BCUT2D eigenvalue weighted by Crippen LogP contribution is -2.23. The van der Waals surface area contributed by atoms with Crippen molar-refractivity contribution < 1.29 is 9.53 Å². The van der Waals surface area contributed by atoms with E-state index in [0.29, 0.717) is 6.42 Å². The molecule has 0 spiro atoms. The first-order valence-corrected chi connectivity index (χ1v) is 5.70. The van der Waals surface area contributed by atoms with E-state index in [0.717, 1.165) is 18.6 Å². The third kappa shape index (κ3) is 4.78. The molecule has 3 heteroatoms. The van der Waals surface area contributed by atoms with Gasteiger partial charge in [-0.2, -0.15) is 11.8 Å². The number of carbonyl (C=O) groups excluding carboxylic acids is 1. The Labute approximate surface area is 79.1 Å². The molecule has 0 saturated heterocycles. The summed E-state index contributed by atoms with van der Waals surface area (Å²) in [5, 5.41) is 0. The van der Waals surface area contributed by atoms with Crippen molar-refractivity contribution in [2.45, 2.75) is 32.3 Å². The molecule has 72 valence electrons. The summed E-state index contributed by atoms with van der Waals surface area (Å²) in [6, 6.07) is 0. The number of hydrogen-bond acceptors (Lipinski definition) is 3. The number of ketones is 1. The summed E-state index contributed by atoms with van der Waals surface area (Å²) in [6.07, 6.45) is 4.27. The Morgan fingerprint density at radius 3 is 2.67 bits per heavy atom. The number of carbonyl (C=O) groups is 1. The molecular weight excluding hydrogens is 172 g/mol. The molecule has 0 aliphatic heterocycles. The Kier molecular flexibility index (Phi) is 7.61. The van der Waals surface area contributed by atoms with E-state index in [9.17, 15) is 4.79 Å². The first-order chi connectivity index (χ1) is 5.76. The van der Waals surface area contributed by atoms with E-state index in [2.05, 4.69) is 0 Å². The Morgan fingerprint density at radius 2 is 2.25 bits per heavy atom. The van der Waals surface area contributed by atoms with Crippen LogP contribution < -0.4 is 0 Å². The summed E-state index contributed by atoms with van der Waals surface area (Å²) in [5.74, 6) is 1.24. The number of hydrogen-bond donors (Lipinski definition) is 0. The van der Waals surface area contributed by atoms with Crippen molar-refractivity contribution in [2.75, 3.05) is 19.1 Å². The fraction of sp³-hybridized carbons (Fsp3) is 0.889. The van der Waals surface area contributed by atoms with E-state index in [1.165, 1.54) is 0 Å². The zero-order chi connectivity index (χ0) is 9.40. The molecule has 0 aromatic carbocycles. The van der Waals surface area contributed by atoms with E-state index >= 15 is 0 Å². The molecule has 0 rings (SSSR count). The van der Waals surface area contributed by atoms with Crippen LogP contribution in [0.2, 0.25) is 0 Å². The molecule has 0 heterocycles. The van der Waals surface area contributed by atoms with E-state index < -0.39 is 0 Å². The maximum absolute atomic E-state index is 11.3. The summed E-state index contributed by atoms with van der Waals surface area (Å²) in [4.78, 5) is 11.3. The minimum absolute atomic E-state index is 0.169. The molecule has 0 saturated carbocycles. The van der Waals surface area contributed by atoms with Crippen molar-refractivity contribution in [3.05, 3.63) is 0 Å². The number of rotatable bonds is 7. The average Bonchev–Trinajstić information content (AvgIpc) is 2.06. The van der Waals surface area contributed by atoms with Crippen LogP contribution in [0.25, 0.3) is 0 Å². The molecule has 12 heavy (non-hydrogen) atoms. The third-order valence-corrected chi connectivity index (χ3v) is 2.37. The van der Waals surface area contributed by atoms with Gasteiger partial charge < -0.3 is 4.74 Å². The van der Waals surface area contributed by atoms with Crippen molar-refractivity contribution in [3.8, 4) is 0 Å². The molecule has 0 N–H and O–H groups in total. The van der Waals surface area contributed by atoms with Crippen molar-refractivity contribution >= 4 is 17.5 Å². The monoisotopic (exact) mass is 190 g/mol. The van der Waals surface area contributed by atoms with Crippen LogP contribution in [-0.2, 0) is 9.53 Å². The van der Waals surface area contributed by atoms with Gasteiger partial charge in [0.15, 0.2) is 5.78 Å². The lowest BCUT2D eigenvalue weighted by atomic mass is 10.1. The van der Waals surface area contributed by atoms with Gasteiger partial charge >= 0.3 is 0 Å². The summed E-state index contributed by atoms with van der Waals surface area (Å²) in [5.41, 5.74) is 0. The van der Waals surface area contributed by atoms with Gasteiger partial charge in [0.2, 0.25) is 0 Å². The van der Waals surface area contributed by atoms with Crippen LogP contribution in [0.3, 0.4) is 0 Å². The van der Waals surface area contributed by atoms with Gasteiger partial charge in [-0.1, -0.05) is 6.92 Å². The second-order valence-corrected chi connectivity index (χ2v) is 3.71. The van der Waals surface area contributed by atoms with Crippen LogP contribution in [0, 0.1) is 0 Å². The van der Waals surface area contributed by atoms with Crippen LogP contribution >= 0.6 is 11.8 Å². The predicted molar refractivity (Wildman–Crippen MR) is 53.7 cm³/mol. The van der Waals surface area contributed by atoms with Crippen molar-refractivity contribution in [3.63, 3.8) is 0 Å². The first kappa shape index (κ1) is 12.0. The van der Waals surface area contributed by atoms with Crippen molar-refractivity contribution in [1.29, 1.82) is 0 Å². The standard InChI is InChI=1S/C9H18O2S/c1-4-5-8(10)9(11-2)6-7-12-3/h9H,4-7H2,1-3H3. The van der Waals surface area contributed by atoms with Crippen LogP contribution in [0.1, 0.15) is 26.2 Å². The van der Waals surface area contributed by atoms with Gasteiger partial charge in [0.1, 0.15) is 6.10 Å². The highest BCUT2D eigenvalue weighted by molar-refractivity contribution is 7.98. The molecule has 0 aliphatic rings. The SMILES string of the molecule is CCCC(=O)C(CCSC)OC. The van der Waals surface area contributed by atoms with Crippen LogP contribution in [0.4, 0.5) is 0 Å². The van der Waals surface area contributed by atoms with Gasteiger partial charge in [-0.05, 0) is 24.9 Å². The minimum atomic E-state index is -0.169. The second-order valence-electron chi connectivity index (χ2n) is 2.72. The van der Waals surface area contributed by atoms with Gasteiger partial charge in [-0.15, -0.1) is 0 Å². The molecular formula is C9H18O2S. The topological polar surface area (TPSA) is 26.3 Å². The maximum Gasteiger partial charge on any atom is 0.161 e. The van der Waals surface area contributed by atoms with Crippen LogP contribution in [0.5, 0.6) is 0 Å². The number of methoxy groups -OCH3 is 1. The number of Topliss-reactive ketones (excluding diaryl/α,β-unsaturated/α-hetero) is 1. The Balaban J connectivity index is 3.71. The third-order valence-electron chi connectivity index (χ3n) is 1.72. The second kappa shape index (κ2) is 7.62. The van der Waals surface area contributed by atoms with Gasteiger partial charge in [-0.25, -0.2) is 0 Å². The Morgan fingerprint density at radius 1 is 1.58 bits per heavy atom. The maximum atomic E-state index is 11.3. The highest BCUT2D eigenvalue weighted by atomic mass is 32.2. The van der Waals surface area contributed by atoms with Crippen molar-refractivity contribution in [2.24, 2.45) is 0 Å². The Hall–Kier alpha value is -0.0200. The number of ether oxygens (including phenoxy) is 1. The minimum Gasteiger partial charge on any atom is -0.374 e. The highest BCUT2D eigenvalue weighted by Crippen LogP contribution is 2.07. The molecule has 0 bridgehead atoms.